The third-order valence-corrected chi connectivity index (χ3v) is 3.44. The number of hydrogen-bond donors (Lipinski definition) is 2. The molecule has 108 valence electrons. The van der Waals surface area contributed by atoms with Gasteiger partial charge in [0, 0.05) is 6.04 Å². The van der Waals surface area contributed by atoms with Crippen molar-refractivity contribution in [2.75, 3.05) is 0 Å². The number of rotatable bonds is 7. The molecule has 1 unspecified atom stereocenters. The van der Waals surface area contributed by atoms with E-state index in [0.29, 0.717) is 6.42 Å². The van der Waals surface area contributed by atoms with Gasteiger partial charge in [-0.1, -0.05) is 40.0 Å². The van der Waals surface area contributed by atoms with Crippen LogP contribution in [-0.4, -0.2) is 14.7 Å². The van der Waals surface area contributed by atoms with Gasteiger partial charge in [-0.2, -0.15) is 0 Å². The maximum Gasteiger partial charge on any atom is 0.331 e. The second kappa shape index (κ2) is 7.16. The summed E-state index contributed by atoms with van der Waals surface area (Å²) in [5.41, 5.74) is -0.696. The minimum absolute atomic E-state index is 0.0420. The highest BCUT2D eigenvalue weighted by molar-refractivity contribution is 5.23. The molecule has 0 bridgehead atoms. The molecule has 1 aromatic rings. The van der Waals surface area contributed by atoms with Crippen LogP contribution in [0.25, 0.3) is 0 Å². The Balaban J connectivity index is 3.29. The lowest BCUT2D eigenvalue weighted by atomic mass is 10.0. The summed E-state index contributed by atoms with van der Waals surface area (Å²) in [6.45, 7) is 5.93. The molecule has 0 aliphatic carbocycles. The first-order valence-corrected chi connectivity index (χ1v) is 7.13. The summed E-state index contributed by atoms with van der Waals surface area (Å²) in [5, 5.41) is 10.2. The van der Waals surface area contributed by atoms with Gasteiger partial charge >= 0.3 is 5.69 Å². The lowest BCUT2D eigenvalue weighted by Crippen LogP contribution is -2.34. The van der Waals surface area contributed by atoms with E-state index in [1.54, 1.807) is 6.92 Å². The Morgan fingerprint density at radius 2 is 1.84 bits per heavy atom. The van der Waals surface area contributed by atoms with E-state index in [9.17, 15) is 14.7 Å². The van der Waals surface area contributed by atoms with E-state index in [1.165, 1.54) is 4.57 Å². The third-order valence-electron chi connectivity index (χ3n) is 3.44. The van der Waals surface area contributed by atoms with Crippen LogP contribution in [0.1, 0.15) is 64.5 Å². The van der Waals surface area contributed by atoms with Gasteiger partial charge in [-0.15, -0.1) is 0 Å². The predicted octanol–water partition coefficient (Wildman–Crippen LogP) is 2.34. The predicted molar refractivity (Wildman–Crippen MR) is 75.8 cm³/mol. The SMILES string of the molecule is CCCCC(CCC)n1c(O)c(CC)c(=O)[nH]c1=O. The highest BCUT2D eigenvalue weighted by Gasteiger charge is 2.19. The Labute approximate surface area is 113 Å². The lowest BCUT2D eigenvalue weighted by Gasteiger charge is -2.21. The molecule has 0 saturated carbocycles. The van der Waals surface area contributed by atoms with Gasteiger partial charge in [0.15, 0.2) is 0 Å². The molecular weight excluding hydrogens is 244 g/mol. The van der Waals surface area contributed by atoms with E-state index in [-0.39, 0.29) is 17.5 Å². The van der Waals surface area contributed by atoms with E-state index in [2.05, 4.69) is 11.9 Å². The van der Waals surface area contributed by atoms with Crippen molar-refractivity contribution in [1.82, 2.24) is 9.55 Å². The highest BCUT2D eigenvalue weighted by atomic mass is 16.3. The maximum atomic E-state index is 12.0. The molecule has 1 atom stereocenters. The van der Waals surface area contributed by atoms with Crippen molar-refractivity contribution in [1.29, 1.82) is 0 Å². The molecule has 1 heterocycles. The summed E-state index contributed by atoms with van der Waals surface area (Å²) in [4.78, 5) is 25.9. The third kappa shape index (κ3) is 3.49. The van der Waals surface area contributed by atoms with Crippen molar-refractivity contribution in [2.45, 2.75) is 65.3 Å². The molecule has 5 nitrogen and oxygen atoms in total. The quantitative estimate of drug-likeness (QED) is 0.797. The van der Waals surface area contributed by atoms with Crippen LogP contribution in [-0.2, 0) is 6.42 Å². The first-order chi connectivity index (χ1) is 9.06. The average Bonchev–Trinajstić information content (AvgIpc) is 2.35. The summed E-state index contributed by atoms with van der Waals surface area (Å²) in [5.74, 6) is -0.161. The smallest absolute Gasteiger partial charge is 0.331 e. The molecule has 0 saturated heterocycles. The van der Waals surface area contributed by atoms with Crippen molar-refractivity contribution in [3.8, 4) is 5.88 Å². The number of nitrogens with one attached hydrogen (secondary N) is 1. The number of aromatic amines is 1. The van der Waals surface area contributed by atoms with Crippen LogP contribution in [0.3, 0.4) is 0 Å². The van der Waals surface area contributed by atoms with Gasteiger partial charge in [0.2, 0.25) is 5.88 Å². The van der Waals surface area contributed by atoms with Crippen LogP contribution in [0.2, 0.25) is 0 Å². The van der Waals surface area contributed by atoms with E-state index in [4.69, 9.17) is 0 Å². The molecule has 1 rings (SSSR count). The zero-order valence-corrected chi connectivity index (χ0v) is 12.0. The average molecular weight is 268 g/mol. The lowest BCUT2D eigenvalue weighted by molar-refractivity contribution is 0.326. The van der Waals surface area contributed by atoms with Crippen LogP contribution in [0.4, 0.5) is 0 Å². The summed E-state index contributed by atoms with van der Waals surface area (Å²) in [7, 11) is 0. The van der Waals surface area contributed by atoms with Crippen molar-refractivity contribution in [3.05, 3.63) is 26.4 Å². The topological polar surface area (TPSA) is 75.1 Å². The fourth-order valence-corrected chi connectivity index (χ4v) is 2.41. The molecule has 0 spiro atoms. The molecular formula is C14H24N2O3. The van der Waals surface area contributed by atoms with Gasteiger partial charge in [0.05, 0.1) is 5.56 Å². The Bertz CT molecular complexity index is 516. The standard InChI is InChI=1S/C14H24N2O3/c1-4-7-9-10(8-5-2)16-13(18)11(6-3)12(17)15-14(16)19/h10,18H,4-9H2,1-3H3,(H,15,17,19). The molecule has 0 aliphatic rings. The van der Waals surface area contributed by atoms with E-state index in [0.717, 1.165) is 32.1 Å². The minimum atomic E-state index is -0.505. The van der Waals surface area contributed by atoms with Gasteiger partial charge in [0.1, 0.15) is 0 Å². The van der Waals surface area contributed by atoms with E-state index in [1.807, 2.05) is 6.92 Å². The number of H-pyrrole nitrogens is 1. The molecule has 19 heavy (non-hydrogen) atoms. The zero-order chi connectivity index (χ0) is 14.4. The van der Waals surface area contributed by atoms with Crippen LogP contribution in [0.15, 0.2) is 9.59 Å². The number of unbranched alkanes of at least 4 members (excludes halogenated alkanes) is 1. The zero-order valence-electron chi connectivity index (χ0n) is 12.0. The van der Waals surface area contributed by atoms with Crippen LogP contribution < -0.4 is 11.2 Å². The molecule has 0 aromatic carbocycles. The molecule has 1 aromatic heterocycles. The Morgan fingerprint density at radius 1 is 1.16 bits per heavy atom. The van der Waals surface area contributed by atoms with Crippen molar-refractivity contribution >= 4 is 0 Å². The number of hydrogen-bond acceptors (Lipinski definition) is 3. The van der Waals surface area contributed by atoms with E-state index < -0.39 is 11.2 Å². The molecule has 0 radical (unpaired) electrons. The monoisotopic (exact) mass is 268 g/mol. The number of aromatic nitrogens is 2. The number of aromatic hydroxyl groups is 1. The molecule has 5 heteroatoms. The van der Waals surface area contributed by atoms with Gasteiger partial charge < -0.3 is 5.11 Å². The van der Waals surface area contributed by atoms with Crippen LogP contribution in [0, 0.1) is 0 Å². The normalized spacial score (nSPS) is 12.6. The van der Waals surface area contributed by atoms with Gasteiger partial charge in [-0.25, -0.2) is 4.79 Å². The molecule has 0 fully saturated rings. The highest BCUT2D eigenvalue weighted by Crippen LogP contribution is 2.24. The van der Waals surface area contributed by atoms with Gasteiger partial charge in [-0.3, -0.25) is 14.3 Å². The minimum Gasteiger partial charge on any atom is -0.494 e. The first kappa shape index (κ1) is 15.5. The summed E-state index contributed by atoms with van der Waals surface area (Å²) in [6.07, 6.45) is 5.04. The van der Waals surface area contributed by atoms with Crippen molar-refractivity contribution in [3.63, 3.8) is 0 Å². The Morgan fingerprint density at radius 3 is 2.37 bits per heavy atom. The van der Waals surface area contributed by atoms with E-state index >= 15 is 0 Å². The fraction of sp³-hybridized carbons (Fsp3) is 0.714. The van der Waals surface area contributed by atoms with Crippen molar-refractivity contribution < 1.29 is 5.11 Å². The number of nitrogens with zero attached hydrogens (tertiary/aromatic N) is 1. The summed E-state index contributed by atoms with van der Waals surface area (Å²) >= 11 is 0. The summed E-state index contributed by atoms with van der Waals surface area (Å²) in [6, 6.07) is -0.0420. The molecule has 0 amide bonds. The summed E-state index contributed by atoms with van der Waals surface area (Å²) < 4.78 is 1.36. The van der Waals surface area contributed by atoms with Gasteiger partial charge in [-0.05, 0) is 19.3 Å². The van der Waals surface area contributed by atoms with Gasteiger partial charge in [0.25, 0.3) is 5.56 Å². The fourth-order valence-electron chi connectivity index (χ4n) is 2.41. The second-order valence-corrected chi connectivity index (χ2v) is 4.87. The second-order valence-electron chi connectivity index (χ2n) is 4.87. The Kier molecular flexibility index (Phi) is 5.86. The first-order valence-electron chi connectivity index (χ1n) is 7.13. The van der Waals surface area contributed by atoms with Crippen LogP contribution in [0.5, 0.6) is 5.88 Å². The molecule has 2 N–H and O–H groups in total. The molecule has 0 aliphatic heterocycles. The Hall–Kier alpha value is -1.52. The maximum absolute atomic E-state index is 12.0. The van der Waals surface area contributed by atoms with Crippen LogP contribution >= 0.6 is 0 Å². The van der Waals surface area contributed by atoms with Crippen molar-refractivity contribution in [2.24, 2.45) is 0 Å². The largest absolute Gasteiger partial charge is 0.494 e.